The average molecular weight is 269 g/mol. The van der Waals surface area contributed by atoms with E-state index in [9.17, 15) is 0 Å². The zero-order valence-electron chi connectivity index (χ0n) is 11.1. The molecule has 0 aliphatic carbocycles. The second-order valence-electron chi connectivity index (χ2n) is 4.45. The number of aromatic nitrogens is 6. The molecule has 0 saturated carbocycles. The summed E-state index contributed by atoms with van der Waals surface area (Å²) < 4.78 is 1.69. The average Bonchev–Trinajstić information content (AvgIpc) is 3.09. The van der Waals surface area contributed by atoms with Crippen molar-refractivity contribution in [2.75, 3.05) is 0 Å². The van der Waals surface area contributed by atoms with Gasteiger partial charge in [0.1, 0.15) is 6.33 Å². The van der Waals surface area contributed by atoms with Gasteiger partial charge in [-0.05, 0) is 12.1 Å². The Morgan fingerprint density at radius 3 is 3.00 bits per heavy atom. The minimum absolute atomic E-state index is 0.624. The highest BCUT2D eigenvalue weighted by Gasteiger charge is 2.07. The van der Waals surface area contributed by atoms with Crippen LogP contribution >= 0.6 is 0 Å². The number of nitrogens with one attached hydrogen (secondary N) is 2. The Hall–Kier alpha value is -2.54. The first kappa shape index (κ1) is 12.5. The van der Waals surface area contributed by atoms with Crippen LogP contribution < -0.4 is 5.32 Å². The van der Waals surface area contributed by atoms with E-state index in [-0.39, 0.29) is 0 Å². The van der Waals surface area contributed by atoms with Crippen molar-refractivity contribution >= 4 is 0 Å². The highest BCUT2D eigenvalue weighted by Crippen LogP contribution is 2.19. The fourth-order valence-corrected chi connectivity index (χ4v) is 1.98. The van der Waals surface area contributed by atoms with Crippen LogP contribution in [0.15, 0.2) is 37.1 Å². The van der Waals surface area contributed by atoms with Crippen molar-refractivity contribution in [3.63, 3.8) is 0 Å². The van der Waals surface area contributed by atoms with E-state index in [0.29, 0.717) is 13.1 Å². The SMILES string of the molecule is Cn1cnc(CNCc2cn[nH]c2-c2cccnc2)n1. The summed E-state index contributed by atoms with van der Waals surface area (Å²) in [7, 11) is 1.85. The molecular weight excluding hydrogens is 254 g/mol. The second kappa shape index (κ2) is 5.62. The van der Waals surface area contributed by atoms with E-state index in [1.54, 1.807) is 17.2 Å². The summed E-state index contributed by atoms with van der Waals surface area (Å²) in [6.07, 6.45) is 7.08. The van der Waals surface area contributed by atoms with E-state index >= 15 is 0 Å². The van der Waals surface area contributed by atoms with Crippen molar-refractivity contribution in [2.24, 2.45) is 7.05 Å². The molecule has 7 heteroatoms. The second-order valence-corrected chi connectivity index (χ2v) is 4.45. The van der Waals surface area contributed by atoms with E-state index in [0.717, 1.165) is 22.6 Å². The third kappa shape index (κ3) is 2.72. The maximum Gasteiger partial charge on any atom is 0.164 e. The number of rotatable bonds is 5. The van der Waals surface area contributed by atoms with Crippen LogP contribution in [0.3, 0.4) is 0 Å². The maximum absolute atomic E-state index is 4.22. The molecule has 102 valence electrons. The first-order valence-electron chi connectivity index (χ1n) is 6.31. The molecule has 3 aromatic heterocycles. The molecule has 0 fully saturated rings. The van der Waals surface area contributed by atoms with Crippen molar-refractivity contribution in [1.29, 1.82) is 0 Å². The van der Waals surface area contributed by atoms with Gasteiger partial charge in [-0.25, -0.2) is 4.98 Å². The molecule has 0 aromatic carbocycles. The van der Waals surface area contributed by atoms with Crippen LogP contribution in [-0.2, 0) is 20.1 Å². The normalized spacial score (nSPS) is 10.8. The Labute approximate surface area is 116 Å². The monoisotopic (exact) mass is 269 g/mol. The Bertz CT molecular complexity index is 671. The zero-order chi connectivity index (χ0) is 13.8. The lowest BCUT2D eigenvalue weighted by molar-refractivity contribution is 0.650. The number of aromatic amines is 1. The highest BCUT2D eigenvalue weighted by atomic mass is 15.3. The number of hydrogen-bond acceptors (Lipinski definition) is 5. The van der Waals surface area contributed by atoms with Gasteiger partial charge in [0.2, 0.25) is 0 Å². The molecule has 0 aliphatic heterocycles. The van der Waals surface area contributed by atoms with Crippen LogP contribution in [0.5, 0.6) is 0 Å². The van der Waals surface area contributed by atoms with Crippen LogP contribution in [0, 0.1) is 0 Å². The summed E-state index contributed by atoms with van der Waals surface area (Å²) in [6, 6.07) is 3.91. The summed E-state index contributed by atoms with van der Waals surface area (Å²) >= 11 is 0. The predicted octanol–water partition coefficient (Wildman–Crippen LogP) is 0.890. The number of aryl methyl sites for hydroxylation is 1. The van der Waals surface area contributed by atoms with Crippen molar-refractivity contribution < 1.29 is 0 Å². The summed E-state index contributed by atoms with van der Waals surface area (Å²) in [5.74, 6) is 0.777. The zero-order valence-corrected chi connectivity index (χ0v) is 11.1. The molecule has 0 radical (unpaired) electrons. The van der Waals surface area contributed by atoms with Crippen LogP contribution in [0.2, 0.25) is 0 Å². The van der Waals surface area contributed by atoms with Gasteiger partial charge in [0.25, 0.3) is 0 Å². The third-order valence-corrected chi connectivity index (χ3v) is 2.91. The Morgan fingerprint density at radius 2 is 2.25 bits per heavy atom. The highest BCUT2D eigenvalue weighted by molar-refractivity contribution is 5.61. The van der Waals surface area contributed by atoms with Gasteiger partial charge >= 0.3 is 0 Å². The fraction of sp³-hybridized carbons (Fsp3) is 0.231. The molecule has 3 aromatic rings. The third-order valence-electron chi connectivity index (χ3n) is 2.91. The molecule has 3 rings (SSSR count). The van der Waals surface area contributed by atoms with E-state index < -0.39 is 0 Å². The van der Waals surface area contributed by atoms with Gasteiger partial charge in [0.05, 0.1) is 18.4 Å². The van der Waals surface area contributed by atoms with Crippen molar-refractivity contribution in [3.05, 3.63) is 48.4 Å². The summed E-state index contributed by atoms with van der Waals surface area (Å²) in [5.41, 5.74) is 3.10. The largest absolute Gasteiger partial charge is 0.306 e. The molecule has 0 amide bonds. The molecule has 7 nitrogen and oxygen atoms in total. The number of hydrogen-bond donors (Lipinski definition) is 2. The minimum Gasteiger partial charge on any atom is -0.306 e. The Balaban J connectivity index is 1.65. The molecule has 0 atom stereocenters. The fourth-order valence-electron chi connectivity index (χ4n) is 1.98. The Morgan fingerprint density at radius 1 is 1.30 bits per heavy atom. The minimum atomic E-state index is 0.624. The summed E-state index contributed by atoms with van der Waals surface area (Å²) in [6.45, 7) is 1.32. The molecule has 0 bridgehead atoms. The van der Waals surface area contributed by atoms with E-state index in [4.69, 9.17) is 0 Å². The summed E-state index contributed by atoms with van der Waals surface area (Å²) in [5, 5.41) is 14.6. The van der Waals surface area contributed by atoms with Crippen LogP contribution in [0.25, 0.3) is 11.3 Å². The standard InChI is InChI=1S/C13H15N7/c1-20-9-16-12(19-20)8-15-6-11-7-17-18-13(11)10-3-2-4-14-5-10/h2-5,7,9,15H,6,8H2,1H3,(H,17,18). The smallest absolute Gasteiger partial charge is 0.164 e. The van der Waals surface area contributed by atoms with Gasteiger partial charge in [0.15, 0.2) is 5.82 Å². The van der Waals surface area contributed by atoms with Crippen molar-refractivity contribution in [3.8, 4) is 11.3 Å². The molecule has 3 heterocycles. The van der Waals surface area contributed by atoms with E-state index in [1.165, 1.54) is 0 Å². The predicted molar refractivity (Wildman–Crippen MR) is 73.4 cm³/mol. The molecule has 20 heavy (non-hydrogen) atoms. The number of nitrogens with zero attached hydrogens (tertiary/aromatic N) is 5. The van der Waals surface area contributed by atoms with Crippen molar-refractivity contribution in [1.82, 2.24) is 35.3 Å². The molecular formula is C13H15N7. The number of H-pyrrole nitrogens is 1. The van der Waals surface area contributed by atoms with Gasteiger partial charge in [-0.1, -0.05) is 0 Å². The van der Waals surface area contributed by atoms with Gasteiger partial charge in [-0.15, -0.1) is 0 Å². The number of pyridine rings is 1. The lowest BCUT2D eigenvalue weighted by Gasteiger charge is -2.03. The van der Waals surface area contributed by atoms with Crippen LogP contribution in [0.4, 0.5) is 0 Å². The van der Waals surface area contributed by atoms with E-state index in [2.05, 4.69) is 30.6 Å². The molecule has 0 spiro atoms. The molecule has 0 saturated heterocycles. The summed E-state index contributed by atoms with van der Waals surface area (Å²) in [4.78, 5) is 8.29. The van der Waals surface area contributed by atoms with Crippen LogP contribution in [0.1, 0.15) is 11.4 Å². The van der Waals surface area contributed by atoms with Gasteiger partial charge < -0.3 is 5.32 Å². The van der Waals surface area contributed by atoms with Crippen molar-refractivity contribution in [2.45, 2.75) is 13.1 Å². The topological polar surface area (TPSA) is 84.3 Å². The van der Waals surface area contributed by atoms with Gasteiger partial charge in [-0.3, -0.25) is 14.8 Å². The van der Waals surface area contributed by atoms with Gasteiger partial charge in [0, 0.05) is 37.1 Å². The lowest BCUT2D eigenvalue weighted by Crippen LogP contribution is -2.14. The molecule has 0 unspecified atom stereocenters. The quantitative estimate of drug-likeness (QED) is 0.718. The van der Waals surface area contributed by atoms with E-state index in [1.807, 2.05) is 31.6 Å². The first-order valence-corrected chi connectivity index (χ1v) is 6.31. The maximum atomic E-state index is 4.22. The van der Waals surface area contributed by atoms with Crippen LogP contribution in [-0.4, -0.2) is 29.9 Å². The first-order chi connectivity index (χ1) is 9.83. The molecule has 2 N–H and O–H groups in total. The van der Waals surface area contributed by atoms with Gasteiger partial charge in [-0.2, -0.15) is 10.2 Å². The molecule has 0 aliphatic rings. The Kier molecular flexibility index (Phi) is 3.51. The lowest BCUT2D eigenvalue weighted by atomic mass is 10.1.